The molecule has 1 aromatic rings. The molecule has 0 spiro atoms. The van der Waals surface area contributed by atoms with E-state index in [0.717, 1.165) is 0 Å². The molecular formula is C15H23NO4. The first-order valence-electron chi connectivity index (χ1n) is 6.58. The van der Waals surface area contributed by atoms with Crippen molar-refractivity contribution in [2.24, 2.45) is 5.73 Å². The van der Waals surface area contributed by atoms with E-state index in [1.54, 1.807) is 13.2 Å². The van der Waals surface area contributed by atoms with Gasteiger partial charge in [-0.25, -0.2) is 0 Å². The molecule has 5 nitrogen and oxygen atoms in total. The molecule has 5 heteroatoms. The molecule has 1 atom stereocenters. The van der Waals surface area contributed by atoms with Gasteiger partial charge in [0.2, 0.25) is 0 Å². The van der Waals surface area contributed by atoms with Crippen molar-refractivity contribution in [1.29, 1.82) is 0 Å². The van der Waals surface area contributed by atoms with Crippen LogP contribution in [0.3, 0.4) is 0 Å². The van der Waals surface area contributed by atoms with E-state index in [1.165, 1.54) is 0 Å². The number of carbonyl (C=O) groups is 1. The second-order valence-corrected chi connectivity index (χ2v) is 5.43. The van der Waals surface area contributed by atoms with Crippen molar-refractivity contribution in [2.75, 3.05) is 13.7 Å². The molecule has 1 unspecified atom stereocenters. The van der Waals surface area contributed by atoms with Crippen molar-refractivity contribution in [2.45, 2.75) is 38.8 Å². The molecule has 0 aromatic heterocycles. The summed E-state index contributed by atoms with van der Waals surface area (Å²) in [5, 5.41) is 0. The number of hydrogen-bond donors (Lipinski definition) is 1. The largest absolute Gasteiger partial charge is 0.493 e. The third kappa shape index (κ3) is 5.48. The number of para-hydroxylation sites is 2. The van der Waals surface area contributed by atoms with E-state index in [2.05, 4.69) is 0 Å². The van der Waals surface area contributed by atoms with Crippen LogP contribution in [0.4, 0.5) is 0 Å². The Morgan fingerprint density at radius 2 is 1.85 bits per heavy atom. The van der Waals surface area contributed by atoms with Gasteiger partial charge in [-0.1, -0.05) is 12.1 Å². The third-order valence-corrected chi connectivity index (χ3v) is 2.47. The van der Waals surface area contributed by atoms with E-state index in [4.69, 9.17) is 19.9 Å². The third-order valence-electron chi connectivity index (χ3n) is 2.47. The lowest BCUT2D eigenvalue weighted by atomic mass is 10.1. The Hall–Kier alpha value is -1.75. The van der Waals surface area contributed by atoms with E-state index in [0.29, 0.717) is 24.5 Å². The molecule has 0 fully saturated rings. The fourth-order valence-electron chi connectivity index (χ4n) is 1.53. The summed E-state index contributed by atoms with van der Waals surface area (Å²) in [6.07, 6.45) is 0.382. The van der Waals surface area contributed by atoms with E-state index >= 15 is 0 Å². The monoisotopic (exact) mass is 281 g/mol. The predicted molar refractivity (Wildman–Crippen MR) is 76.9 cm³/mol. The average Bonchev–Trinajstić information content (AvgIpc) is 2.37. The van der Waals surface area contributed by atoms with Gasteiger partial charge < -0.3 is 19.9 Å². The second-order valence-electron chi connectivity index (χ2n) is 5.43. The van der Waals surface area contributed by atoms with Crippen LogP contribution in [0.2, 0.25) is 0 Å². The molecule has 1 rings (SSSR count). The molecule has 0 radical (unpaired) electrons. The Morgan fingerprint density at radius 1 is 1.25 bits per heavy atom. The SMILES string of the molecule is COc1ccccc1OCCC(N)C(=O)OC(C)(C)C. The van der Waals surface area contributed by atoms with E-state index < -0.39 is 17.6 Å². The zero-order valence-electron chi connectivity index (χ0n) is 12.5. The van der Waals surface area contributed by atoms with Crippen LogP contribution < -0.4 is 15.2 Å². The smallest absolute Gasteiger partial charge is 0.323 e. The average molecular weight is 281 g/mol. The van der Waals surface area contributed by atoms with E-state index in [1.807, 2.05) is 39.0 Å². The standard InChI is InChI=1S/C15H23NO4/c1-15(2,3)20-14(17)11(16)9-10-19-13-8-6-5-7-12(13)18-4/h5-8,11H,9-10,16H2,1-4H3. The maximum absolute atomic E-state index is 11.7. The van der Waals surface area contributed by atoms with Crippen molar-refractivity contribution in [3.8, 4) is 11.5 Å². The number of rotatable bonds is 6. The molecule has 2 N–H and O–H groups in total. The van der Waals surface area contributed by atoms with Crippen LogP contribution in [0.25, 0.3) is 0 Å². The summed E-state index contributed by atoms with van der Waals surface area (Å²) in [4.78, 5) is 11.7. The normalized spacial score (nSPS) is 12.7. The molecular weight excluding hydrogens is 258 g/mol. The van der Waals surface area contributed by atoms with Crippen molar-refractivity contribution in [3.63, 3.8) is 0 Å². The highest BCUT2D eigenvalue weighted by molar-refractivity contribution is 5.75. The van der Waals surface area contributed by atoms with Gasteiger partial charge in [-0.05, 0) is 32.9 Å². The molecule has 0 saturated heterocycles. The Labute approximate surface area is 120 Å². The second kappa shape index (κ2) is 7.14. The molecule has 0 aliphatic carbocycles. The van der Waals surface area contributed by atoms with Gasteiger partial charge in [-0.3, -0.25) is 4.79 Å². The highest BCUT2D eigenvalue weighted by Gasteiger charge is 2.22. The first-order chi connectivity index (χ1) is 9.33. The van der Waals surface area contributed by atoms with Crippen LogP contribution in [0.15, 0.2) is 24.3 Å². The van der Waals surface area contributed by atoms with Crippen molar-refractivity contribution < 1.29 is 19.0 Å². The molecule has 20 heavy (non-hydrogen) atoms. The maximum atomic E-state index is 11.7. The molecule has 0 heterocycles. The van der Waals surface area contributed by atoms with Crippen molar-refractivity contribution in [3.05, 3.63) is 24.3 Å². The number of methoxy groups -OCH3 is 1. The van der Waals surface area contributed by atoms with Gasteiger partial charge in [0.1, 0.15) is 11.6 Å². The quantitative estimate of drug-likeness (QED) is 0.809. The first kappa shape index (κ1) is 16.3. The van der Waals surface area contributed by atoms with E-state index in [-0.39, 0.29) is 0 Å². The van der Waals surface area contributed by atoms with Crippen LogP contribution in [-0.2, 0) is 9.53 Å². The van der Waals surface area contributed by atoms with Crippen molar-refractivity contribution in [1.82, 2.24) is 0 Å². The van der Waals surface area contributed by atoms with Gasteiger partial charge in [0.05, 0.1) is 13.7 Å². The lowest BCUT2D eigenvalue weighted by molar-refractivity contribution is -0.156. The lowest BCUT2D eigenvalue weighted by Crippen LogP contribution is -2.38. The maximum Gasteiger partial charge on any atom is 0.323 e. The Morgan fingerprint density at radius 3 is 2.40 bits per heavy atom. The summed E-state index contributed by atoms with van der Waals surface area (Å²) in [6, 6.07) is 6.63. The summed E-state index contributed by atoms with van der Waals surface area (Å²) >= 11 is 0. The Kier molecular flexibility index (Phi) is 5.82. The molecule has 0 bridgehead atoms. The fraction of sp³-hybridized carbons (Fsp3) is 0.533. The molecule has 1 aromatic carbocycles. The fourth-order valence-corrected chi connectivity index (χ4v) is 1.53. The van der Waals surface area contributed by atoms with Gasteiger partial charge in [0, 0.05) is 6.42 Å². The van der Waals surface area contributed by atoms with Gasteiger partial charge in [-0.2, -0.15) is 0 Å². The highest BCUT2D eigenvalue weighted by atomic mass is 16.6. The first-order valence-corrected chi connectivity index (χ1v) is 6.58. The molecule has 112 valence electrons. The van der Waals surface area contributed by atoms with Gasteiger partial charge in [0.15, 0.2) is 11.5 Å². The number of esters is 1. The number of carbonyl (C=O) groups excluding carboxylic acids is 1. The van der Waals surface area contributed by atoms with E-state index in [9.17, 15) is 4.79 Å². The van der Waals surface area contributed by atoms with Gasteiger partial charge in [0.25, 0.3) is 0 Å². The van der Waals surface area contributed by atoms with Crippen LogP contribution in [0.1, 0.15) is 27.2 Å². The van der Waals surface area contributed by atoms with Crippen LogP contribution in [0.5, 0.6) is 11.5 Å². The highest BCUT2D eigenvalue weighted by Crippen LogP contribution is 2.25. The minimum atomic E-state index is -0.691. The minimum Gasteiger partial charge on any atom is -0.493 e. The summed E-state index contributed by atoms with van der Waals surface area (Å²) in [5.74, 6) is 0.867. The van der Waals surface area contributed by atoms with Crippen LogP contribution in [-0.4, -0.2) is 31.3 Å². The summed E-state index contributed by atoms with van der Waals surface area (Å²) < 4.78 is 15.9. The number of ether oxygens (including phenoxy) is 3. The molecule has 0 saturated carbocycles. The number of nitrogens with two attached hydrogens (primary N) is 1. The minimum absolute atomic E-state index is 0.320. The van der Waals surface area contributed by atoms with Gasteiger partial charge in [-0.15, -0.1) is 0 Å². The summed E-state index contributed by atoms with van der Waals surface area (Å²) in [5.41, 5.74) is 5.24. The topological polar surface area (TPSA) is 70.8 Å². The number of benzene rings is 1. The van der Waals surface area contributed by atoms with Crippen LogP contribution >= 0.6 is 0 Å². The number of hydrogen-bond acceptors (Lipinski definition) is 5. The predicted octanol–water partition coefficient (Wildman–Crippen LogP) is 2.13. The van der Waals surface area contributed by atoms with Crippen molar-refractivity contribution >= 4 is 5.97 Å². The van der Waals surface area contributed by atoms with Gasteiger partial charge >= 0.3 is 5.97 Å². The Balaban J connectivity index is 2.42. The molecule has 0 aliphatic heterocycles. The van der Waals surface area contributed by atoms with Crippen LogP contribution in [0, 0.1) is 0 Å². The summed E-state index contributed by atoms with van der Waals surface area (Å²) in [7, 11) is 1.58. The molecule has 0 aliphatic rings. The zero-order chi connectivity index (χ0) is 15.2. The Bertz CT molecular complexity index is 440. The zero-order valence-corrected chi connectivity index (χ0v) is 12.5. The summed E-state index contributed by atoms with van der Waals surface area (Å²) in [6.45, 7) is 5.75. The lowest BCUT2D eigenvalue weighted by Gasteiger charge is -2.22. The molecule has 0 amide bonds.